The molecule has 0 aliphatic rings. The number of nitrogens with zero attached hydrogens (tertiary/aromatic N) is 1. The molecule has 0 unspecified atom stereocenters. The molecule has 0 atom stereocenters. The predicted molar refractivity (Wildman–Crippen MR) is 81.9 cm³/mol. The van der Waals surface area contributed by atoms with Gasteiger partial charge < -0.3 is 15.3 Å². The van der Waals surface area contributed by atoms with Gasteiger partial charge in [-0.05, 0) is 19.1 Å². The highest BCUT2D eigenvalue weighted by Gasteiger charge is 2.07. The Morgan fingerprint density at radius 2 is 1.25 bits per heavy atom. The Kier molecular flexibility index (Phi) is 12.5. The van der Waals surface area contributed by atoms with Crippen molar-refractivity contribution in [3.8, 4) is 0 Å². The fourth-order valence-electron chi connectivity index (χ4n) is 1.17. The van der Waals surface area contributed by atoms with Crippen LogP contribution in [-0.4, -0.2) is 73.3 Å². The minimum absolute atomic E-state index is 0.0108. The summed E-state index contributed by atoms with van der Waals surface area (Å²) >= 11 is 0. The maximum atomic E-state index is 10.5. The molecule has 0 amide bonds. The summed E-state index contributed by atoms with van der Waals surface area (Å²) in [6, 6.07) is 5.99. The molecule has 4 N–H and O–H groups in total. The van der Waals surface area contributed by atoms with E-state index >= 15 is 0 Å². The lowest BCUT2D eigenvalue weighted by molar-refractivity contribution is -0.527. The lowest BCUT2D eigenvalue weighted by atomic mass is 10.2. The molecular formula is C13H23NO9S. The molecule has 1 rings (SSSR count). The van der Waals surface area contributed by atoms with Crippen molar-refractivity contribution in [2.24, 2.45) is 0 Å². The molecule has 0 aliphatic carbocycles. The van der Waals surface area contributed by atoms with Crippen LogP contribution in [0.2, 0.25) is 0 Å². The zero-order valence-electron chi connectivity index (χ0n) is 13.2. The van der Waals surface area contributed by atoms with Crippen molar-refractivity contribution in [1.82, 2.24) is 5.39 Å². The van der Waals surface area contributed by atoms with Crippen LogP contribution in [0, 0.1) is 6.92 Å². The quantitative estimate of drug-likeness (QED) is 0.308. The average molecular weight is 369 g/mol. The van der Waals surface area contributed by atoms with Crippen LogP contribution in [-0.2, 0) is 24.6 Å². The highest BCUT2D eigenvalue weighted by molar-refractivity contribution is 7.85. The van der Waals surface area contributed by atoms with Gasteiger partial charge in [0.05, 0.1) is 49.9 Å². The second-order valence-corrected chi connectivity index (χ2v) is 5.60. The number of aliphatic hydroxyl groups excluding tert-OH is 3. The molecule has 10 nitrogen and oxygen atoms in total. The Morgan fingerprint density at radius 1 is 0.875 bits per heavy atom. The fraction of sp³-hybridized carbons (Fsp3) is 0.538. The number of hydrogen-bond donors (Lipinski definition) is 4. The van der Waals surface area contributed by atoms with Gasteiger partial charge in [0, 0.05) is 0 Å². The van der Waals surface area contributed by atoms with Gasteiger partial charge in [-0.15, -0.1) is 0 Å². The third-order valence-electron chi connectivity index (χ3n) is 2.18. The van der Waals surface area contributed by atoms with Crippen molar-refractivity contribution < 1.29 is 42.8 Å². The molecular weight excluding hydrogens is 346 g/mol. The molecule has 0 aliphatic heterocycles. The topological polar surface area (TPSA) is 146 Å². The maximum absolute atomic E-state index is 10.5. The van der Waals surface area contributed by atoms with E-state index in [1.165, 1.54) is 12.1 Å². The monoisotopic (exact) mass is 369 g/mol. The van der Waals surface area contributed by atoms with Crippen LogP contribution < -0.4 is 0 Å². The van der Waals surface area contributed by atoms with Crippen molar-refractivity contribution in [3.63, 3.8) is 0 Å². The first-order valence-electron chi connectivity index (χ1n) is 6.90. The number of benzene rings is 1. The summed E-state index contributed by atoms with van der Waals surface area (Å²) in [5.74, 6) is 0. The Labute approximate surface area is 140 Å². The standard InChI is InChI=1S/C7H8O3S.C6H15NO6/c1-6-2-4-7(5-3-6)11(8,9)10;8-1-4-11-7(12-5-2-9)13-6-3-10/h2-5H,1H3,(H,8,9,10);8-10H,1-6H2. The van der Waals surface area contributed by atoms with E-state index < -0.39 is 10.1 Å². The van der Waals surface area contributed by atoms with Gasteiger partial charge >= 0.3 is 0 Å². The third kappa shape index (κ3) is 11.4. The molecule has 0 saturated heterocycles. The Balaban J connectivity index is 0.000000446. The SMILES string of the molecule is Cc1ccc(S(=O)(=O)O)cc1.OCCON(OCCO)OCCO. The van der Waals surface area contributed by atoms with E-state index in [2.05, 4.69) is 0 Å². The average Bonchev–Trinajstić information content (AvgIpc) is 2.54. The summed E-state index contributed by atoms with van der Waals surface area (Å²) in [5, 5.41) is 25.9. The molecule has 0 aromatic heterocycles. The zero-order chi connectivity index (χ0) is 18.4. The molecule has 1 aromatic carbocycles. The molecule has 24 heavy (non-hydrogen) atoms. The van der Waals surface area contributed by atoms with Gasteiger partial charge in [0.1, 0.15) is 0 Å². The first-order chi connectivity index (χ1) is 11.3. The van der Waals surface area contributed by atoms with Crippen LogP contribution >= 0.6 is 0 Å². The molecule has 11 heteroatoms. The molecule has 0 bridgehead atoms. The fourth-order valence-corrected chi connectivity index (χ4v) is 1.65. The van der Waals surface area contributed by atoms with E-state index in [9.17, 15) is 8.42 Å². The van der Waals surface area contributed by atoms with Crippen molar-refractivity contribution in [3.05, 3.63) is 29.8 Å². The highest BCUT2D eigenvalue weighted by atomic mass is 32.2. The molecule has 0 saturated carbocycles. The Bertz CT molecular complexity index is 502. The predicted octanol–water partition coefficient (Wildman–Crippen LogP) is -0.698. The van der Waals surface area contributed by atoms with Crippen molar-refractivity contribution in [1.29, 1.82) is 0 Å². The summed E-state index contributed by atoms with van der Waals surface area (Å²) < 4.78 is 29.6. The molecule has 0 heterocycles. The number of aliphatic hydroxyl groups is 3. The van der Waals surface area contributed by atoms with Crippen LogP contribution in [0.15, 0.2) is 29.2 Å². The molecule has 0 spiro atoms. The lowest BCUT2D eigenvalue weighted by Gasteiger charge is -2.17. The van der Waals surface area contributed by atoms with Gasteiger partial charge in [-0.1, -0.05) is 17.7 Å². The van der Waals surface area contributed by atoms with E-state index in [0.29, 0.717) is 5.39 Å². The normalized spacial score (nSPS) is 11.2. The summed E-state index contributed by atoms with van der Waals surface area (Å²) in [5.41, 5.74) is 0.956. The minimum Gasteiger partial charge on any atom is -0.394 e. The lowest BCUT2D eigenvalue weighted by Crippen LogP contribution is -2.28. The molecule has 140 valence electrons. The van der Waals surface area contributed by atoms with Crippen molar-refractivity contribution >= 4 is 10.1 Å². The summed E-state index contributed by atoms with van der Waals surface area (Å²) in [6.07, 6.45) is 0. The molecule has 0 fully saturated rings. The van der Waals surface area contributed by atoms with Gasteiger partial charge in [0.25, 0.3) is 10.1 Å². The minimum atomic E-state index is -4.02. The van der Waals surface area contributed by atoms with Gasteiger partial charge in [-0.25, -0.2) is 14.5 Å². The van der Waals surface area contributed by atoms with E-state index in [4.69, 9.17) is 34.4 Å². The smallest absolute Gasteiger partial charge is 0.294 e. The molecule has 1 aromatic rings. The van der Waals surface area contributed by atoms with E-state index in [1.807, 2.05) is 6.92 Å². The van der Waals surface area contributed by atoms with E-state index in [-0.39, 0.29) is 44.5 Å². The highest BCUT2D eigenvalue weighted by Crippen LogP contribution is 2.08. The Hall–Kier alpha value is -1.15. The van der Waals surface area contributed by atoms with Crippen LogP contribution in [0.1, 0.15) is 5.56 Å². The second-order valence-electron chi connectivity index (χ2n) is 4.18. The zero-order valence-corrected chi connectivity index (χ0v) is 14.1. The van der Waals surface area contributed by atoms with Crippen molar-refractivity contribution in [2.45, 2.75) is 11.8 Å². The van der Waals surface area contributed by atoms with Gasteiger partial charge in [-0.3, -0.25) is 4.55 Å². The number of aryl methyl sites for hydroxylation is 1. The van der Waals surface area contributed by atoms with Crippen LogP contribution in [0.4, 0.5) is 0 Å². The largest absolute Gasteiger partial charge is 0.394 e. The van der Waals surface area contributed by atoms with E-state index in [1.54, 1.807) is 12.1 Å². The first kappa shape index (κ1) is 22.9. The Morgan fingerprint density at radius 3 is 1.54 bits per heavy atom. The summed E-state index contributed by atoms with van der Waals surface area (Å²) in [4.78, 5) is 14.1. The third-order valence-corrected chi connectivity index (χ3v) is 3.05. The second kappa shape index (κ2) is 13.2. The van der Waals surface area contributed by atoms with Crippen LogP contribution in [0.3, 0.4) is 0 Å². The maximum Gasteiger partial charge on any atom is 0.294 e. The first-order valence-corrected chi connectivity index (χ1v) is 8.34. The van der Waals surface area contributed by atoms with Crippen LogP contribution in [0.25, 0.3) is 0 Å². The van der Waals surface area contributed by atoms with Gasteiger partial charge in [0.15, 0.2) is 0 Å². The molecule has 0 radical (unpaired) electrons. The summed E-state index contributed by atoms with van der Waals surface area (Å²) in [7, 11) is -4.02. The van der Waals surface area contributed by atoms with Crippen LogP contribution in [0.5, 0.6) is 0 Å². The summed E-state index contributed by atoms with van der Waals surface area (Å²) in [6.45, 7) is 1.34. The van der Waals surface area contributed by atoms with E-state index in [0.717, 1.165) is 5.56 Å². The van der Waals surface area contributed by atoms with Gasteiger partial charge in [0.2, 0.25) is 0 Å². The number of rotatable bonds is 10. The number of hydrogen-bond acceptors (Lipinski definition) is 9. The van der Waals surface area contributed by atoms with Gasteiger partial charge in [-0.2, -0.15) is 8.42 Å². The van der Waals surface area contributed by atoms with Crippen molar-refractivity contribution in [2.75, 3.05) is 39.6 Å².